The molecule has 2 nitrogen and oxygen atoms in total. The fourth-order valence-corrected chi connectivity index (χ4v) is 21.4. The number of para-hydroxylation sites is 1. The molecule has 0 saturated heterocycles. The molecule has 2 aliphatic rings. The van der Waals surface area contributed by atoms with Crippen LogP contribution in [0.2, 0.25) is 0 Å². The minimum absolute atomic E-state index is 0.118. The first kappa shape index (κ1) is 58.1. The van der Waals surface area contributed by atoms with E-state index in [0.29, 0.717) is 0 Å². The first-order valence-corrected chi connectivity index (χ1v) is 38.1. The number of hydrogen-bond donors (Lipinski definition) is 0. The summed E-state index contributed by atoms with van der Waals surface area (Å²) >= 11 is 7.51. The quantitative estimate of drug-likeness (QED) is 0.144. The number of allylic oxidation sites excluding steroid dienone is 2. The van der Waals surface area contributed by atoms with Crippen molar-refractivity contribution in [2.75, 3.05) is 0 Å². The molecule has 1 aliphatic heterocycles. The maximum absolute atomic E-state index is 7.05. The average molecular weight is 1370 g/mol. The first-order valence-electron chi connectivity index (χ1n) is 34.8. The summed E-state index contributed by atoms with van der Waals surface area (Å²) < 4.78 is 23.8. The summed E-state index contributed by atoms with van der Waals surface area (Å²) in [5.74, 6) is 1.06. The Bertz CT molecular complexity index is 6850. The first-order chi connectivity index (χ1) is 50.5. The van der Waals surface area contributed by atoms with E-state index in [1.54, 1.807) is 0 Å². The fraction of sp³-hybridized carbons (Fsp3) is 0.0208. The van der Waals surface area contributed by atoms with Gasteiger partial charge in [-0.3, -0.25) is 0 Å². The smallest absolute Gasteiger partial charge is 0.136 e. The van der Waals surface area contributed by atoms with Crippen molar-refractivity contribution in [1.29, 1.82) is 0 Å². The summed E-state index contributed by atoms with van der Waals surface area (Å²) in [5.41, 5.74) is 24.6. The van der Waals surface area contributed by atoms with Crippen molar-refractivity contribution < 1.29 is 9.15 Å². The topological polar surface area (TPSA) is 22.4 Å². The van der Waals surface area contributed by atoms with Crippen LogP contribution in [0, 0.1) is 0 Å². The molecule has 1 aliphatic carbocycles. The van der Waals surface area contributed by atoms with E-state index in [4.69, 9.17) is 9.15 Å². The van der Waals surface area contributed by atoms with Gasteiger partial charge >= 0.3 is 0 Å². The van der Waals surface area contributed by atoms with Gasteiger partial charge in [-0.25, -0.2) is 0 Å². The maximum Gasteiger partial charge on any atom is 0.136 e. The summed E-state index contributed by atoms with van der Waals surface area (Å²) in [5, 5.41) is 12.7. The highest BCUT2D eigenvalue weighted by Crippen LogP contribution is 2.52. The summed E-state index contributed by atoms with van der Waals surface area (Å²) in [6, 6.07) is 115. The molecule has 0 N–H and O–H groups in total. The standard InChI is InChI=1S/C96H56O2S4/c1-5-26-80-75(15-1)91-67(19-10-27-81(91)97-80)58-41-39-57(40-42-58)62-49-65(70-22-13-33-89-94(70)78-18-4-8-30-86(78)101-89)52-66(50-62)71-23-14-34-90-95(71)79-25-9-24-72(96(79)102-90)60-44-46-74-73-45-43-59(53-82(73)98-83(74)54-60)55-35-37-56(38-36-55)61-47-63(68-20-11-31-87-92(68)76-16-2-6-28-84(76)99-87)51-64(48-61)69-21-12-32-88-93(69)77-17-3-7-29-85(77)100-88/h1-54,74,83H/t74?,83-/m1/s1. The Morgan fingerprint density at radius 3 is 1.18 bits per heavy atom. The Morgan fingerprint density at radius 2 is 0.637 bits per heavy atom. The Labute approximate surface area is 603 Å². The molecule has 15 aromatic carbocycles. The van der Waals surface area contributed by atoms with E-state index in [1.165, 1.54) is 164 Å². The predicted octanol–water partition coefficient (Wildman–Crippen LogP) is 28.9. The number of furan rings is 1. The number of benzene rings is 15. The summed E-state index contributed by atoms with van der Waals surface area (Å²) in [6.07, 6.45) is 6.96. The Balaban J connectivity index is 0.596. The Kier molecular flexibility index (Phi) is 13.0. The highest BCUT2D eigenvalue weighted by Gasteiger charge is 2.34. The van der Waals surface area contributed by atoms with Crippen molar-refractivity contribution in [3.05, 3.63) is 339 Å². The van der Waals surface area contributed by atoms with Crippen LogP contribution in [0.1, 0.15) is 17.0 Å². The molecule has 5 aromatic heterocycles. The van der Waals surface area contributed by atoms with E-state index >= 15 is 0 Å². The van der Waals surface area contributed by atoms with E-state index in [0.717, 1.165) is 49.9 Å². The molecule has 0 spiro atoms. The van der Waals surface area contributed by atoms with Gasteiger partial charge in [0.1, 0.15) is 23.0 Å². The van der Waals surface area contributed by atoms with Crippen molar-refractivity contribution in [2.45, 2.75) is 12.0 Å². The minimum atomic E-state index is -0.130. The maximum atomic E-state index is 7.05. The summed E-state index contributed by atoms with van der Waals surface area (Å²) in [4.78, 5) is 0. The molecule has 0 amide bonds. The van der Waals surface area contributed by atoms with Crippen LogP contribution in [0.5, 0.6) is 5.75 Å². The third-order valence-corrected chi connectivity index (χ3v) is 26.1. The molecule has 0 fully saturated rings. The van der Waals surface area contributed by atoms with Gasteiger partial charge in [0.15, 0.2) is 0 Å². The third-order valence-electron chi connectivity index (χ3n) is 21.5. The van der Waals surface area contributed by atoms with E-state index in [-0.39, 0.29) is 12.0 Å². The zero-order chi connectivity index (χ0) is 66.7. The van der Waals surface area contributed by atoms with Gasteiger partial charge in [-0.1, -0.05) is 224 Å². The zero-order valence-electron chi connectivity index (χ0n) is 54.8. The van der Waals surface area contributed by atoms with E-state index in [1.807, 2.05) is 51.4 Å². The van der Waals surface area contributed by atoms with Gasteiger partial charge in [0.25, 0.3) is 0 Å². The lowest BCUT2D eigenvalue weighted by molar-refractivity contribution is 0.270. The van der Waals surface area contributed by atoms with Gasteiger partial charge in [-0.2, -0.15) is 0 Å². The van der Waals surface area contributed by atoms with Crippen molar-refractivity contribution in [1.82, 2.24) is 0 Å². The van der Waals surface area contributed by atoms with Crippen LogP contribution in [-0.4, -0.2) is 6.10 Å². The SMILES string of the molecule is C1=CC2c3ccc(-c4ccc(-c5cc(-c6cccc7sc8ccccc8c67)cc(-c6cccc7sc8ccccc8c67)c5)cc4)cc3O[C@@H]2C=C1c1cccc2c1sc1cccc(-c3cc(-c4ccc(-c5cccc6oc7ccccc7c56)cc4)cc(-c4cccc5sc6ccccc6c45)c3)c12. The van der Waals surface area contributed by atoms with Crippen LogP contribution >= 0.6 is 45.3 Å². The van der Waals surface area contributed by atoms with Gasteiger partial charge < -0.3 is 9.15 Å². The van der Waals surface area contributed by atoms with Crippen molar-refractivity contribution in [3.8, 4) is 94.8 Å². The van der Waals surface area contributed by atoms with Gasteiger partial charge in [0, 0.05) is 103 Å². The number of hydrogen-bond acceptors (Lipinski definition) is 6. The Morgan fingerprint density at radius 1 is 0.255 bits per heavy atom. The van der Waals surface area contributed by atoms with Crippen LogP contribution in [0.4, 0.5) is 0 Å². The molecular weight excluding hydrogens is 1310 g/mol. The van der Waals surface area contributed by atoms with Crippen LogP contribution in [0.3, 0.4) is 0 Å². The zero-order valence-corrected chi connectivity index (χ0v) is 58.0. The lowest BCUT2D eigenvalue weighted by Gasteiger charge is -2.19. The van der Waals surface area contributed by atoms with E-state index in [9.17, 15) is 0 Å². The molecule has 0 bridgehead atoms. The molecule has 20 aromatic rings. The highest BCUT2D eigenvalue weighted by molar-refractivity contribution is 7.27. The third kappa shape index (κ3) is 9.20. The lowest BCUT2D eigenvalue weighted by Crippen LogP contribution is -2.17. The van der Waals surface area contributed by atoms with Gasteiger partial charge in [0.2, 0.25) is 0 Å². The number of ether oxygens (including phenoxy) is 1. The highest BCUT2D eigenvalue weighted by atomic mass is 32.1. The molecule has 2 atom stereocenters. The predicted molar refractivity (Wildman–Crippen MR) is 439 cm³/mol. The lowest BCUT2D eigenvalue weighted by atomic mass is 9.86. The molecule has 0 saturated carbocycles. The molecular formula is C96H56O2S4. The van der Waals surface area contributed by atoms with Gasteiger partial charge in [-0.05, 0) is 203 Å². The minimum Gasteiger partial charge on any atom is -0.485 e. The van der Waals surface area contributed by atoms with Crippen LogP contribution in [-0.2, 0) is 0 Å². The van der Waals surface area contributed by atoms with E-state index < -0.39 is 0 Å². The second-order valence-corrected chi connectivity index (χ2v) is 31.5. The molecule has 1 unspecified atom stereocenters. The number of fused-ring (bicyclic) bond motifs is 18. The molecule has 6 heterocycles. The van der Waals surface area contributed by atoms with Gasteiger partial charge in [-0.15, -0.1) is 45.3 Å². The van der Waals surface area contributed by atoms with Gasteiger partial charge in [0.05, 0.1) is 0 Å². The second-order valence-electron chi connectivity index (χ2n) is 27.2. The number of thiophene rings is 4. The van der Waals surface area contributed by atoms with Crippen molar-refractivity contribution >= 4 is 154 Å². The van der Waals surface area contributed by atoms with E-state index in [2.05, 4.69) is 322 Å². The molecule has 476 valence electrons. The Hall–Kier alpha value is -11.7. The van der Waals surface area contributed by atoms with Crippen LogP contribution < -0.4 is 4.74 Å². The number of rotatable bonds is 9. The van der Waals surface area contributed by atoms with Crippen molar-refractivity contribution in [2.24, 2.45) is 0 Å². The fourth-order valence-electron chi connectivity index (χ4n) is 16.7. The molecule has 102 heavy (non-hydrogen) atoms. The average Bonchev–Trinajstić information content (AvgIpc) is 1.52. The monoisotopic (exact) mass is 1370 g/mol. The molecule has 6 heteroatoms. The van der Waals surface area contributed by atoms with Crippen LogP contribution in [0.15, 0.2) is 332 Å². The second kappa shape index (κ2) is 22.9. The normalized spacial score (nSPS) is 14.4. The molecule has 22 rings (SSSR count). The van der Waals surface area contributed by atoms with Crippen LogP contribution in [0.25, 0.3) is 197 Å². The molecule has 0 radical (unpaired) electrons. The summed E-state index contributed by atoms with van der Waals surface area (Å²) in [7, 11) is 0. The largest absolute Gasteiger partial charge is 0.485 e. The summed E-state index contributed by atoms with van der Waals surface area (Å²) in [6.45, 7) is 0. The van der Waals surface area contributed by atoms with Crippen molar-refractivity contribution in [3.63, 3.8) is 0 Å².